The molecule has 1 aromatic rings. The molecule has 0 saturated carbocycles. The van der Waals surface area contributed by atoms with E-state index in [9.17, 15) is 9.90 Å². The van der Waals surface area contributed by atoms with Crippen molar-refractivity contribution in [1.29, 1.82) is 0 Å². The van der Waals surface area contributed by atoms with Crippen molar-refractivity contribution in [1.82, 2.24) is 4.90 Å². The zero-order valence-corrected chi connectivity index (χ0v) is 14.7. The lowest BCUT2D eigenvalue weighted by atomic mass is 10.1. The van der Waals surface area contributed by atoms with Crippen LogP contribution in [-0.4, -0.2) is 55.4 Å². The van der Waals surface area contributed by atoms with E-state index in [0.717, 1.165) is 6.42 Å². The predicted octanol–water partition coefficient (Wildman–Crippen LogP) is 2.43. The van der Waals surface area contributed by atoms with Gasteiger partial charge in [-0.3, -0.25) is 4.79 Å². The van der Waals surface area contributed by atoms with Crippen molar-refractivity contribution in [2.45, 2.75) is 32.3 Å². The molecular weight excluding hydrogens is 306 g/mol. The van der Waals surface area contributed by atoms with Gasteiger partial charge < -0.3 is 19.5 Å². The molecule has 0 aliphatic rings. The fraction of sp³-hybridized carbons (Fsp3) is 0.526. The molecule has 0 bridgehead atoms. The van der Waals surface area contributed by atoms with Gasteiger partial charge in [-0.15, -0.1) is 6.58 Å². The van der Waals surface area contributed by atoms with Crippen LogP contribution in [0.25, 0.3) is 0 Å². The molecule has 0 fully saturated rings. The number of amides is 1. The molecule has 1 amide bonds. The summed E-state index contributed by atoms with van der Waals surface area (Å²) in [6.07, 6.45) is 2.94. The number of likely N-dealkylation sites (N-methyl/N-ethyl adjacent to an activating group) is 1. The molecule has 1 rings (SSSR count). The summed E-state index contributed by atoms with van der Waals surface area (Å²) in [6.45, 7) is 7.21. The topological polar surface area (TPSA) is 59.0 Å². The van der Waals surface area contributed by atoms with Gasteiger partial charge in [0.05, 0.1) is 6.61 Å². The van der Waals surface area contributed by atoms with Gasteiger partial charge in [-0.25, -0.2) is 0 Å². The van der Waals surface area contributed by atoms with Crippen LogP contribution in [-0.2, 0) is 16.0 Å². The molecule has 0 radical (unpaired) electrons. The number of hydrogen-bond donors (Lipinski definition) is 1. The number of aliphatic hydroxyl groups excluding tert-OH is 1. The summed E-state index contributed by atoms with van der Waals surface area (Å²) in [4.78, 5) is 13.6. The second kappa shape index (κ2) is 11.6. The van der Waals surface area contributed by atoms with Crippen molar-refractivity contribution in [3.8, 4) is 5.75 Å². The lowest BCUT2D eigenvalue weighted by Crippen LogP contribution is -2.39. The number of allylic oxidation sites excluding steroid dienone is 1. The second-order valence-electron chi connectivity index (χ2n) is 5.61. The predicted molar refractivity (Wildman–Crippen MR) is 95.2 cm³/mol. The highest BCUT2D eigenvalue weighted by atomic mass is 16.5. The molecule has 1 N–H and O–H groups in total. The van der Waals surface area contributed by atoms with Crippen molar-refractivity contribution in [2.24, 2.45) is 0 Å². The molecule has 0 spiro atoms. The molecule has 5 heteroatoms. The maximum absolute atomic E-state index is 12.0. The Morgan fingerprint density at radius 1 is 1.38 bits per heavy atom. The van der Waals surface area contributed by atoms with E-state index in [-0.39, 0.29) is 19.1 Å². The maximum Gasteiger partial charge on any atom is 0.222 e. The van der Waals surface area contributed by atoms with E-state index >= 15 is 0 Å². The standard InChI is InChI=1S/C19H29NO4/c1-4-6-7-19(22)20(5-2)14-17(21)15-24-18-10-8-16(9-11-18)12-13-23-3/h4,8-11,17,21H,1,5-7,12-15H2,2-3H3/t17-/m1/s1. The number of hydrogen-bond acceptors (Lipinski definition) is 4. The highest BCUT2D eigenvalue weighted by molar-refractivity contribution is 5.76. The molecule has 134 valence electrons. The van der Waals surface area contributed by atoms with Crippen LogP contribution < -0.4 is 4.74 Å². The molecule has 1 aromatic carbocycles. The normalized spacial score (nSPS) is 11.8. The summed E-state index contributed by atoms with van der Waals surface area (Å²) in [7, 11) is 1.68. The van der Waals surface area contributed by atoms with E-state index in [2.05, 4.69) is 6.58 Å². The SMILES string of the molecule is C=CCCC(=O)N(CC)C[C@@H](O)COc1ccc(CCOC)cc1. The number of rotatable bonds is 12. The Hall–Kier alpha value is -1.85. The minimum atomic E-state index is -0.717. The number of methoxy groups -OCH3 is 1. The molecule has 0 aliphatic heterocycles. The summed E-state index contributed by atoms with van der Waals surface area (Å²) in [5, 5.41) is 10.1. The Morgan fingerprint density at radius 2 is 2.08 bits per heavy atom. The van der Waals surface area contributed by atoms with Crippen LogP contribution in [0.15, 0.2) is 36.9 Å². The molecule has 1 atom stereocenters. The number of carbonyl (C=O) groups is 1. The zero-order valence-electron chi connectivity index (χ0n) is 14.7. The van der Waals surface area contributed by atoms with Crippen molar-refractivity contribution in [3.63, 3.8) is 0 Å². The molecule has 0 saturated heterocycles. The van der Waals surface area contributed by atoms with E-state index in [1.807, 2.05) is 31.2 Å². The summed E-state index contributed by atoms with van der Waals surface area (Å²) in [5.41, 5.74) is 1.18. The van der Waals surface area contributed by atoms with Crippen LogP contribution in [0.5, 0.6) is 5.75 Å². The van der Waals surface area contributed by atoms with Crippen LogP contribution in [0.4, 0.5) is 0 Å². The summed E-state index contributed by atoms with van der Waals surface area (Å²) in [5.74, 6) is 0.732. The Balaban J connectivity index is 2.39. The van der Waals surface area contributed by atoms with Crippen LogP contribution in [0.3, 0.4) is 0 Å². The summed E-state index contributed by atoms with van der Waals surface area (Å²) < 4.78 is 10.6. The van der Waals surface area contributed by atoms with Crippen molar-refractivity contribution < 1.29 is 19.4 Å². The Bertz CT molecular complexity index is 487. The molecule has 0 unspecified atom stereocenters. The molecule has 0 heterocycles. The Labute approximate surface area is 144 Å². The van der Waals surface area contributed by atoms with Crippen LogP contribution in [0.1, 0.15) is 25.3 Å². The first-order valence-corrected chi connectivity index (χ1v) is 8.38. The lowest BCUT2D eigenvalue weighted by molar-refractivity contribution is -0.132. The number of aliphatic hydroxyl groups is 1. The number of nitrogens with zero attached hydrogens (tertiary/aromatic N) is 1. The first kappa shape index (κ1) is 20.2. The van der Waals surface area contributed by atoms with Gasteiger partial charge in [0, 0.05) is 26.6 Å². The molecule has 24 heavy (non-hydrogen) atoms. The minimum absolute atomic E-state index is 0.0268. The van der Waals surface area contributed by atoms with Gasteiger partial charge in [0.1, 0.15) is 18.5 Å². The van der Waals surface area contributed by atoms with E-state index < -0.39 is 6.10 Å². The lowest BCUT2D eigenvalue weighted by Gasteiger charge is -2.24. The van der Waals surface area contributed by atoms with Crippen molar-refractivity contribution in [2.75, 3.05) is 33.4 Å². The third-order valence-electron chi connectivity index (χ3n) is 3.69. The van der Waals surface area contributed by atoms with E-state index in [0.29, 0.717) is 31.7 Å². The van der Waals surface area contributed by atoms with Gasteiger partial charge in [0.15, 0.2) is 0 Å². The van der Waals surface area contributed by atoms with E-state index in [1.165, 1.54) is 5.56 Å². The third-order valence-corrected chi connectivity index (χ3v) is 3.69. The van der Waals surface area contributed by atoms with Crippen molar-refractivity contribution in [3.05, 3.63) is 42.5 Å². The second-order valence-corrected chi connectivity index (χ2v) is 5.61. The van der Waals surface area contributed by atoms with Crippen molar-refractivity contribution >= 4 is 5.91 Å². The van der Waals surface area contributed by atoms with Crippen LogP contribution >= 0.6 is 0 Å². The first-order valence-electron chi connectivity index (χ1n) is 8.38. The number of ether oxygens (including phenoxy) is 2. The van der Waals surface area contributed by atoms with Gasteiger partial charge in [0.25, 0.3) is 0 Å². The highest BCUT2D eigenvalue weighted by Crippen LogP contribution is 2.13. The zero-order chi connectivity index (χ0) is 17.8. The van der Waals surface area contributed by atoms with E-state index in [4.69, 9.17) is 9.47 Å². The van der Waals surface area contributed by atoms with Gasteiger partial charge in [-0.2, -0.15) is 0 Å². The average Bonchev–Trinajstić information content (AvgIpc) is 2.61. The first-order chi connectivity index (χ1) is 11.6. The van der Waals surface area contributed by atoms with Crippen LogP contribution in [0, 0.1) is 0 Å². The van der Waals surface area contributed by atoms with Gasteiger partial charge in [-0.05, 0) is 37.5 Å². The minimum Gasteiger partial charge on any atom is -0.491 e. The molecule has 0 aliphatic carbocycles. The third kappa shape index (κ3) is 7.62. The highest BCUT2D eigenvalue weighted by Gasteiger charge is 2.16. The fourth-order valence-electron chi connectivity index (χ4n) is 2.26. The fourth-order valence-corrected chi connectivity index (χ4v) is 2.26. The van der Waals surface area contributed by atoms with Gasteiger partial charge in [-0.1, -0.05) is 18.2 Å². The number of carbonyl (C=O) groups excluding carboxylic acids is 1. The van der Waals surface area contributed by atoms with Gasteiger partial charge in [0.2, 0.25) is 5.91 Å². The summed E-state index contributed by atoms with van der Waals surface area (Å²) in [6, 6.07) is 7.73. The average molecular weight is 335 g/mol. The Kier molecular flexibility index (Phi) is 9.80. The smallest absolute Gasteiger partial charge is 0.222 e. The molecule has 5 nitrogen and oxygen atoms in total. The molecular formula is C19H29NO4. The Morgan fingerprint density at radius 3 is 2.67 bits per heavy atom. The summed E-state index contributed by atoms with van der Waals surface area (Å²) >= 11 is 0. The quantitative estimate of drug-likeness (QED) is 0.596. The maximum atomic E-state index is 12.0. The number of benzene rings is 1. The van der Waals surface area contributed by atoms with E-state index in [1.54, 1.807) is 18.1 Å². The monoisotopic (exact) mass is 335 g/mol. The van der Waals surface area contributed by atoms with Gasteiger partial charge >= 0.3 is 0 Å². The van der Waals surface area contributed by atoms with Crippen LogP contribution in [0.2, 0.25) is 0 Å². The molecule has 0 aromatic heterocycles. The largest absolute Gasteiger partial charge is 0.491 e.